The van der Waals surface area contributed by atoms with E-state index in [1.54, 1.807) is 0 Å². The maximum atomic E-state index is 6.06. The molecule has 1 heterocycles. The maximum Gasteiger partial charge on any atom is 0.152 e. The number of halogens is 1. The fourth-order valence-electron chi connectivity index (χ4n) is 2.33. The van der Waals surface area contributed by atoms with E-state index in [0.29, 0.717) is 0 Å². The Balaban J connectivity index is 2.04. The van der Waals surface area contributed by atoms with Crippen LogP contribution in [0.4, 0.5) is 0 Å². The van der Waals surface area contributed by atoms with E-state index in [1.165, 1.54) is 19.3 Å². The molecule has 2 nitrogen and oxygen atoms in total. The van der Waals surface area contributed by atoms with Gasteiger partial charge in [-0.25, -0.2) is 0 Å². The number of likely N-dealkylation sites (tertiary alicyclic amines) is 1. The second-order valence-corrected chi connectivity index (χ2v) is 4.94. The van der Waals surface area contributed by atoms with Gasteiger partial charge < -0.3 is 4.74 Å². The van der Waals surface area contributed by atoms with Crippen molar-refractivity contribution in [1.29, 1.82) is 0 Å². The number of hydrogen-bond donors (Lipinski definition) is 0. The monoisotopic (exact) mass is 253 g/mol. The molecule has 1 saturated heterocycles. The minimum Gasteiger partial charge on any atom is -0.475 e. The van der Waals surface area contributed by atoms with E-state index in [1.807, 2.05) is 24.3 Å². The van der Waals surface area contributed by atoms with E-state index in [9.17, 15) is 0 Å². The van der Waals surface area contributed by atoms with Crippen molar-refractivity contribution in [2.45, 2.75) is 38.8 Å². The average molecular weight is 254 g/mol. The molecule has 1 aromatic carbocycles. The van der Waals surface area contributed by atoms with Crippen LogP contribution in [0.2, 0.25) is 5.02 Å². The van der Waals surface area contributed by atoms with Crippen LogP contribution in [-0.2, 0) is 0 Å². The lowest BCUT2D eigenvalue weighted by atomic mass is 10.2. The molecule has 0 saturated carbocycles. The Labute approximate surface area is 109 Å². The molecule has 17 heavy (non-hydrogen) atoms. The van der Waals surface area contributed by atoms with Gasteiger partial charge in [-0.15, -0.1) is 0 Å². The normalized spacial score (nSPS) is 22.1. The minimum atomic E-state index is 0.209. The molecule has 2 rings (SSSR count). The van der Waals surface area contributed by atoms with Gasteiger partial charge in [0.25, 0.3) is 0 Å². The second-order valence-electron chi connectivity index (χ2n) is 4.51. The topological polar surface area (TPSA) is 12.5 Å². The van der Waals surface area contributed by atoms with Crippen LogP contribution in [0.5, 0.6) is 5.75 Å². The number of ether oxygens (including phenoxy) is 1. The maximum absolute atomic E-state index is 6.06. The number of benzene rings is 1. The molecule has 1 aliphatic rings. The first-order valence-corrected chi connectivity index (χ1v) is 6.83. The summed E-state index contributed by atoms with van der Waals surface area (Å²) >= 11 is 5.97. The highest BCUT2D eigenvalue weighted by molar-refractivity contribution is 6.30. The quantitative estimate of drug-likeness (QED) is 0.809. The molecule has 94 valence electrons. The summed E-state index contributed by atoms with van der Waals surface area (Å²) in [5.41, 5.74) is 0. The molecule has 0 aliphatic carbocycles. The summed E-state index contributed by atoms with van der Waals surface area (Å²) in [5.74, 6) is 0.878. The largest absolute Gasteiger partial charge is 0.475 e. The van der Waals surface area contributed by atoms with Crippen molar-refractivity contribution in [2.75, 3.05) is 13.1 Å². The molecule has 0 amide bonds. The van der Waals surface area contributed by atoms with E-state index in [0.717, 1.165) is 30.3 Å². The molecule has 0 radical (unpaired) electrons. The van der Waals surface area contributed by atoms with Crippen molar-refractivity contribution in [2.24, 2.45) is 0 Å². The summed E-state index contributed by atoms with van der Waals surface area (Å²) in [4.78, 5) is 2.41. The van der Waals surface area contributed by atoms with Crippen LogP contribution in [0.15, 0.2) is 24.3 Å². The van der Waals surface area contributed by atoms with Crippen LogP contribution >= 0.6 is 11.6 Å². The van der Waals surface area contributed by atoms with E-state index in [-0.39, 0.29) is 6.23 Å². The first kappa shape index (κ1) is 12.7. The number of rotatable bonds is 3. The van der Waals surface area contributed by atoms with Crippen molar-refractivity contribution < 1.29 is 4.74 Å². The molecule has 1 aliphatic heterocycles. The van der Waals surface area contributed by atoms with Gasteiger partial charge in [-0.05, 0) is 44.0 Å². The van der Waals surface area contributed by atoms with Crippen molar-refractivity contribution in [3.63, 3.8) is 0 Å². The van der Waals surface area contributed by atoms with Gasteiger partial charge in [-0.1, -0.05) is 31.0 Å². The average Bonchev–Trinajstić information content (AvgIpc) is 2.54. The van der Waals surface area contributed by atoms with Crippen LogP contribution < -0.4 is 4.74 Å². The SMILES string of the molecule is CCN1CCCCCC1Oc1cccc(Cl)c1. The standard InChI is InChI=1S/C14H20ClNO/c1-2-16-10-5-3-4-9-14(16)17-13-8-6-7-12(15)11-13/h6-8,11,14H,2-5,9-10H2,1H3. The summed E-state index contributed by atoms with van der Waals surface area (Å²) in [6, 6.07) is 7.68. The van der Waals surface area contributed by atoms with Gasteiger partial charge in [0, 0.05) is 11.6 Å². The highest BCUT2D eigenvalue weighted by atomic mass is 35.5. The Bertz CT molecular complexity index is 356. The molecule has 1 aromatic rings. The van der Waals surface area contributed by atoms with E-state index in [4.69, 9.17) is 16.3 Å². The highest BCUT2D eigenvalue weighted by Gasteiger charge is 2.20. The van der Waals surface area contributed by atoms with Gasteiger partial charge in [0.05, 0.1) is 0 Å². The zero-order valence-corrected chi connectivity index (χ0v) is 11.1. The van der Waals surface area contributed by atoms with E-state index in [2.05, 4.69) is 11.8 Å². The fourth-order valence-corrected chi connectivity index (χ4v) is 2.51. The first-order valence-electron chi connectivity index (χ1n) is 6.46. The third-order valence-corrected chi connectivity index (χ3v) is 3.51. The van der Waals surface area contributed by atoms with Crippen molar-refractivity contribution in [3.8, 4) is 5.75 Å². The summed E-state index contributed by atoms with van der Waals surface area (Å²) in [7, 11) is 0. The summed E-state index contributed by atoms with van der Waals surface area (Å²) in [5, 5.41) is 0.735. The fraction of sp³-hybridized carbons (Fsp3) is 0.571. The highest BCUT2D eigenvalue weighted by Crippen LogP contribution is 2.23. The Morgan fingerprint density at radius 1 is 1.35 bits per heavy atom. The molecule has 0 spiro atoms. The van der Waals surface area contributed by atoms with Gasteiger partial charge in [0.1, 0.15) is 5.75 Å². The third-order valence-electron chi connectivity index (χ3n) is 3.28. The summed E-state index contributed by atoms with van der Waals surface area (Å²) < 4.78 is 6.06. The van der Waals surface area contributed by atoms with Gasteiger partial charge in [-0.2, -0.15) is 0 Å². The van der Waals surface area contributed by atoms with Gasteiger partial charge in [0.2, 0.25) is 0 Å². The van der Waals surface area contributed by atoms with Crippen molar-refractivity contribution in [3.05, 3.63) is 29.3 Å². The summed E-state index contributed by atoms with van der Waals surface area (Å²) in [6.07, 6.45) is 5.16. The lowest BCUT2D eigenvalue weighted by Gasteiger charge is -2.29. The smallest absolute Gasteiger partial charge is 0.152 e. The van der Waals surface area contributed by atoms with Crippen LogP contribution in [0.1, 0.15) is 32.6 Å². The number of nitrogens with zero attached hydrogens (tertiary/aromatic N) is 1. The first-order chi connectivity index (χ1) is 8.29. The Morgan fingerprint density at radius 2 is 2.24 bits per heavy atom. The van der Waals surface area contributed by atoms with E-state index < -0.39 is 0 Å². The summed E-state index contributed by atoms with van der Waals surface area (Å²) in [6.45, 7) is 4.38. The predicted molar refractivity (Wildman–Crippen MR) is 71.6 cm³/mol. The van der Waals surface area contributed by atoms with Crippen LogP contribution in [-0.4, -0.2) is 24.2 Å². The Hall–Kier alpha value is -0.730. The zero-order valence-electron chi connectivity index (χ0n) is 10.4. The molecule has 1 unspecified atom stereocenters. The van der Waals surface area contributed by atoms with Crippen molar-refractivity contribution >= 4 is 11.6 Å². The van der Waals surface area contributed by atoms with Gasteiger partial charge in [0.15, 0.2) is 6.23 Å². The minimum absolute atomic E-state index is 0.209. The third kappa shape index (κ3) is 3.62. The molecule has 3 heteroatoms. The zero-order chi connectivity index (χ0) is 12.1. The number of hydrogen-bond acceptors (Lipinski definition) is 2. The van der Waals surface area contributed by atoms with Crippen LogP contribution in [0, 0.1) is 0 Å². The lowest BCUT2D eigenvalue weighted by Crippen LogP contribution is -2.38. The molecule has 0 aromatic heterocycles. The molecule has 0 N–H and O–H groups in total. The molecule has 1 fully saturated rings. The predicted octanol–water partition coefficient (Wildman–Crippen LogP) is 3.94. The second kappa shape index (κ2) is 6.27. The van der Waals surface area contributed by atoms with E-state index >= 15 is 0 Å². The molecular weight excluding hydrogens is 234 g/mol. The lowest BCUT2D eigenvalue weighted by molar-refractivity contribution is 0.0298. The Kier molecular flexibility index (Phi) is 4.69. The van der Waals surface area contributed by atoms with Gasteiger partial charge >= 0.3 is 0 Å². The van der Waals surface area contributed by atoms with Crippen molar-refractivity contribution in [1.82, 2.24) is 4.90 Å². The molecule has 1 atom stereocenters. The van der Waals surface area contributed by atoms with Gasteiger partial charge in [-0.3, -0.25) is 4.90 Å². The molecular formula is C14H20ClNO. The Morgan fingerprint density at radius 3 is 3.00 bits per heavy atom. The van der Waals surface area contributed by atoms with Crippen LogP contribution in [0.3, 0.4) is 0 Å². The molecule has 0 bridgehead atoms. The van der Waals surface area contributed by atoms with Crippen LogP contribution in [0.25, 0.3) is 0 Å².